The summed E-state index contributed by atoms with van der Waals surface area (Å²) in [5, 5.41) is 16.3. The van der Waals surface area contributed by atoms with Crippen molar-refractivity contribution in [2.45, 2.75) is 0 Å². The Bertz CT molecular complexity index is 1040. The highest BCUT2D eigenvalue weighted by Crippen LogP contribution is 2.30. The Morgan fingerprint density at radius 1 is 0.920 bits per heavy atom. The van der Waals surface area contributed by atoms with Crippen molar-refractivity contribution in [2.75, 3.05) is 10.6 Å². The van der Waals surface area contributed by atoms with E-state index in [-0.39, 0.29) is 27.8 Å². The first kappa shape index (κ1) is 16.6. The summed E-state index contributed by atoms with van der Waals surface area (Å²) in [4.78, 5) is 33.8. The number of halogens is 2. The third kappa shape index (κ3) is 3.20. The summed E-state index contributed by atoms with van der Waals surface area (Å²) in [5.41, 5.74) is -1.24. The van der Waals surface area contributed by atoms with Crippen LogP contribution in [-0.4, -0.2) is 4.92 Å². The third-order valence-electron chi connectivity index (χ3n) is 3.44. The van der Waals surface area contributed by atoms with E-state index in [9.17, 15) is 24.1 Å². The SMILES string of the molecule is O=c1c(Nc2ccc(F)cc2)c(Nc2ccc(Cl)c([N+](=O)[O-])c2)c1=O. The number of hydrogen-bond acceptors (Lipinski definition) is 6. The van der Waals surface area contributed by atoms with Crippen LogP contribution < -0.4 is 21.5 Å². The maximum atomic E-state index is 12.9. The van der Waals surface area contributed by atoms with E-state index in [0.29, 0.717) is 5.69 Å². The lowest BCUT2D eigenvalue weighted by Crippen LogP contribution is -2.35. The molecular formula is C16H9ClFN3O4. The summed E-state index contributed by atoms with van der Waals surface area (Å²) < 4.78 is 12.9. The van der Waals surface area contributed by atoms with Crippen LogP contribution in [0.1, 0.15) is 0 Å². The molecule has 0 aliphatic carbocycles. The van der Waals surface area contributed by atoms with E-state index >= 15 is 0 Å². The van der Waals surface area contributed by atoms with Crippen LogP contribution in [0.5, 0.6) is 0 Å². The van der Waals surface area contributed by atoms with Gasteiger partial charge in [0.2, 0.25) is 0 Å². The third-order valence-corrected chi connectivity index (χ3v) is 3.76. The normalized spacial score (nSPS) is 10.6. The number of nitro groups is 1. The Morgan fingerprint density at radius 3 is 2.00 bits per heavy atom. The minimum absolute atomic E-state index is 0.00536. The minimum atomic E-state index is -0.762. The smallest absolute Gasteiger partial charge is 0.289 e. The molecule has 0 spiro atoms. The Kier molecular flexibility index (Phi) is 4.20. The predicted molar refractivity (Wildman–Crippen MR) is 92.4 cm³/mol. The Morgan fingerprint density at radius 2 is 1.44 bits per heavy atom. The summed E-state index contributed by atoms with van der Waals surface area (Å²) in [6, 6.07) is 9.11. The summed E-state index contributed by atoms with van der Waals surface area (Å²) in [7, 11) is 0. The van der Waals surface area contributed by atoms with E-state index < -0.39 is 21.6 Å². The van der Waals surface area contributed by atoms with Crippen molar-refractivity contribution in [3.63, 3.8) is 0 Å². The van der Waals surface area contributed by atoms with Crippen molar-refractivity contribution in [3.05, 3.63) is 83.9 Å². The van der Waals surface area contributed by atoms with Crippen molar-refractivity contribution < 1.29 is 9.31 Å². The zero-order valence-corrected chi connectivity index (χ0v) is 13.1. The van der Waals surface area contributed by atoms with Crippen LogP contribution >= 0.6 is 11.6 Å². The van der Waals surface area contributed by atoms with Crippen LogP contribution in [0.3, 0.4) is 0 Å². The summed E-state index contributed by atoms with van der Waals surface area (Å²) in [6.07, 6.45) is 0. The van der Waals surface area contributed by atoms with Gasteiger partial charge in [-0.25, -0.2) is 4.39 Å². The number of benzene rings is 2. The molecule has 0 bridgehead atoms. The van der Waals surface area contributed by atoms with Gasteiger partial charge in [0, 0.05) is 17.4 Å². The Hall–Kier alpha value is -3.26. The first-order valence-corrected chi connectivity index (χ1v) is 7.31. The lowest BCUT2D eigenvalue weighted by Gasteiger charge is -2.15. The van der Waals surface area contributed by atoms with Crippen LogP contribution in [0.4, 0.5) is 32.8 Å². The maximum Gasteiger partial charge on any atom is 0.289 e. The number of rotatable bonds is 5. The van der Waals surface area contributed by atoms with Crippen LogP contribution in [0.2, 0.25) is 5.02 Å². The van der Waals surface area contributed by atoms with Crippen LogP contribution in [0.15, 0.2) is 52.1 Å². The van der Waals surface area contributed by atoms with Crippen LogP contribution in [0, 0.1) is 15.9 Å². The molecule has 25 heavy (non-hydrogen) atoms. The predicted octanol–water partition coefficient (Wildman–Crippen LogP) is 3.47. The molecule has 3 aromatic rings. The highest BCUT2D eigenvalue weighted by Gasteiger charge is 2.22. The first-order valence-electron chi connectivity index (χ1n) is 6.93. The lowest BCUT2D eigenvalue weighted by molar-refractivity contribution is -0.384. The van der Waals surface area contributed by atoms with Crippen molar-refractivity contribution >= 4 is 40.0 Å². The van der Waals surface area contributed by atoms with Gasteiger partial charge in [-0.3, -0.25) is 19.7 Å². The molecule has 7 nitrogen and oxygen atoms in total. The van der Waals surface area contributed by atoms with Crippen molar-refractivity contribution in [1.82, 2.24) is 0 Å². The van der Waals surface area contributed by atoms with E-state index in [1.54, 1.807) is 0 Å². The molecule has 0 aliphatic rings. The number of hydrogen-bond donors (Lipinski definition) is 2. The van der Waals surface area contributed by atoms with E-state index in [2.05, 4.69) is 10.6 Å². The van der Waals surface area contributed by atoms with E-state index in [4.69, 9.17) is 11.6 Å². The zero-order valence-electron chi connectivity index (χ0n) is 12.4. The molecule has 0 saturated carbocycles. The topological polar surface area (TPSA) is 101 Å². The summed E-state index contributed by atoms with van der Waals surface area (Å²) >= 11 is 5.73. The van der Waals surface area contributed by atoms with Gasteiger partial charge in [0.25, 0.3) is 16.5 Å². The average molecular weight is 362 g/mol. The molecule has 0 atom stereocenters. The number of nitro benzene ring substituents is 1. The second-order valence-electron chi connectivity index (χ2n) is 5.09. The van der Waals surface area contributed by atoms with Gasteiger partial charge in [-0.05, 0) is 36.4 Å². The number of anilines is 4. The van der Waals surface area contributed by atoms with E-state index in [1.165, 1.54) is 36.4 Å². The molecule has 126 valence electrons. The van der Waals surface area contributed by atoms with Gasteiger partial charge >= 0.3 is 0 Å². The van der Waals surface area contributed by atoms with Gasteiger partial charge in [-0.2, -0.15) is 0 Å². The second kappa shape index (κ2) is 6.33. The van der Waals surface area contributed by atoms with Gasteiger partial charge < -0.3 is 10.6 Å². The maximum absolute atomic E-state index is 12.9. The van der Waals surface area contributed by atoms with E-state index in [1.807, 2.05) is 0 Å². The summed E-state index contributed by atoms with van der Waals surface area (Å²) in [6.45, 7) is 0. The van der Waals surface area contributed by atoms with Gasteiger partial charge in [0.15, 0.2) is 0 Å². The average Bonchev–Trinajstić information content (AvgIpc) is 2.60. The van der Waals surface area contributed by atoms with Crippen molar-refractivity contribution in [3.8, 4) is 0 Å². The van der Waals surface area contributed by atoms with Gasteiger partial charge in [-0.1, -0.05) is 11.6 Å². The molecule has 0 heterocycles. The highest BCUT2D eigenvalue weighted by atomic mass is 35.5. The van der Waals surface area contributed by atoms with Gasteiger partial charge in [0.1, 0.15) is 22.2 Å². The molecule has 0 fully saturated rings. The van der Waals surface area contributed by atoms with Crippen molar-refractivity contribution in [1.29, 1.82) is 0 Å². The monoisotopic (exact) mass is 361 g/mol. The first-order chi connectivity index (χ1) is 11.9. The van der Waals surface area contributed by atoms with Crippen LogP contribution in [-0.2, 0) is 0 Å². The number of nitrogens with zero attached hydrogens (tertiary/aromatic N) is 1. The number of nitrogens with one attached hydrogen (secondary N) is 2. The minimum Gasteiger partial charge on any atom is -0.350 e. The lowest BCUT2D eigenvalue weighted by atomic mass is 10.1. The standard InChI is InChI=1S/C16H9ClFN3O4/c17-11-6-5-10(7-12(11)21(24)25)20-14-13(15(22)16(14)23)19-9-3-1-8(18)2-4-9/h1-7,19-20H. The summed E-state index contributed by atoms with van der Waals surface area (Å²) in [5.74, 6) is -0.442. The molecular weight excluding hydrogens is 353 g/mol. The molecule has 0 unspecified atom stereocenters. The highest BCUT2D eigenvalue weighted by molar-refractivity contribution is 6.32. The molecule has 2 N–H and O–H groups in total. The molecule has 9 heteroatoms. The fraction of sp³-hybridized carbons (Fsp3) is 0. The quantitative estimate of drug-likeness (QED) is 0.410. The zero-order chi connectivity index (χ0) is 18.1. The molecule has 0 aliphatic heterocycles. The molecule has 0 radical (unpaired) electrons. The fourth-order valence-electron chi connectivity index (χ4n) is 2.18. The Balaban J connectivity index is 1.89. The van der Waals surface area contributed by atoms with Crippen molar-refractivity contribution in [2.24, 2.45) is 0 Å². The van der Waals surface area contributed by atoms with Gasteiger partial charge in [-0.15, -0.1) is 0 Å². The van der Waals surface area contributed by atoms with E-state index in [0.717, 1.165) is 6.07 Å². The second-order valence-corrected chi connectivity index (χ2v) is 5.50. The molecule has 0 amide bonds. The fourth-order valence-corrected chi connectivity index (χ4v) is 2.37. The van der Waals surface area contributed by atoms with Gasteiger partial charge in [0.05, 0.1) is 4.92 Å². The molecule has 0 saturated heterocycles. The largest absolute Gasteiger partial charge is 0.350 e. The molecule has 3 rings (SSSR count). The van der Waals surface area contributed by atoms with Crippen LogP contribution in [0.25, 0.3) is 0 Å². The molecule has 0 aromatic heterocycles. The molecule has 3 aromatic carbocycles. The Labute approximate surface area is 144 Å².